The molecule has 1 aromatic heterocycles. The lowest BCUT2D eigenvalue weighted by Crippen LogP contribution is -2.00. The van der Waals surface area contributed by atoms with E-state index in [9.17, 15) is 18.0 Å². The maximum Gasteiger partial charge on any atom is 0.266 e. The molecule has 0 N–H and O–H groups in total. The van der Waals surface area contributed by atoms with E-state index in [-0.39, 0.29) is 6.29 Å². The van der Waals surface area contributed by atoms with E-state index in [0.717, 1.165) is 0 Å². The van der Waals surface area contributed by atoms with Crippen LogP contribution in [0.25, 0.3) is 0 Å². The second kappa shape index (κ2) is 3.74. The molecule has 2 nitrogen and oxygen atoms in total. The Balaban J connectivity index is 3.32. The molecule has 13 heavy (non-hydrogen) atoms. The van der Waals surface area contributed by atoms with Crippen molar-refractivity contribution in [2.45, 2.75) is 6.43 Å². The number of halogens is 4. The summed E-state index contributed by atoms with van der Waals surface area (Å²) >= 11 is 5.20. The van der Waals surface area contributed by atoms with Crippen molar-refractivity contribution in [1.82, 2.24) is 4.98 Å². The number of alkyl halides is 2. The van der Waals surface area contributed by atoms with E-state index >= 15 is 0 Å². The first-order valence-corrected chi connectivity index (χ1v) is 3.53. The maximum atomic E-state index is 12.6. The Kier molecular flexibility index (Phi) is 2.87. The summed E-state index contributed by atoms with van der Waals surface area (Å²) in [6.07, 6.45) is -2.84. The van der Waals surface area contributed by atoms with Crippen LogP contribution in [0.3, 0.4) is 0 Å². The van der Waals surface area contributed by atoms with E-state index in [1.807, 2.05) is 0 Å². The number of aromatic nitrogens is 1. The number of aldehydes is 1. The third kappa shape index (κ3) is 1.98. The van der Waals surface area contributed by atoms with E-state index in [4.69, 9.17) is 11.6 Å². The van der Waals surface area contributed by atoms with Gasteiger partial charge < -0.3 is 0 Å². The van der Waals surface area contributed by atoms with Gasteiger partial charge in [-0.1, -0.05) is 11.6 Å². The number of carbonyl (C=O) groups is 1. The number of pyridine rings is 1. The lowest BCUT2D eigenvalue weighted by Gasteiger charge is -2.03. The zero-order chi connectivity index (χ0) is 10.0. The van der Waals surface area contributed by atoms with Gasteiger partial charge in [0.2, 0.25) is 5.95 Å². The average molecular weight is 210 g/mol. The molecule has 1 rings (SSSR count). The molecule has 0 saturated carbocycles. The topological polar surface area (TPSA) is 30.0 Å². The highest BCUT2D eigenvalue weighted by Crippen LogP contribution is 2.25. The predicted octanol–water partition coefficient (Wildman–Crippen LogP) is 2.62. The third-order valence-corrected chi connectivity index (χ3v) is 1.61. The van der Waals surface area contributed by atoms with Crippen LogP contribution in [0.2, 0.25) is 5.02 Å². The van der Waals surface area contributed by atoms with E-state index < -0.39 is 28.7 Å². The van der Waals surface area contributed by atoms with Crippen LogP contribution in [0, 0.1) is 5.95 Å². The largest absolute Gasteiger partial charge is 0.296 e. The van der Waals surface area contributed by atoms with Gasteiger partial charge in [0.25, 0.3) is 6.43 Å². The predicted molar refractivity (Wildman–Crippen MR) is 39.5 cm³/mol. The van der Waals surface area contributed by atoms with Gasteiger partial charge in [0.15, 0.2) is 6.29 Å². The number of carbonyl (C=O) groups excluding carboxylic acids is 1. The molecule has 0 aliphatic heterocycles. The second-order valence-corrected chi connectivity index (χ2v) is 2.56. The normalized spacial score (nSPS) is 10.5. The number of hydrogen-bond donors (Lipinski definition) is 0. The molecule has 0 amide bonds. The van der Waals surface area contributed by atoms with Crippen molar-refractivity contribution in [3.63, 3.8) is 0 Å². The van der Waals surface area contributed by atoms with E-state index in [1.165, 1.54) is 0 Å². The molecule has 0 atom stereocenters. The summed E-state index contributed by atoms with van der Waals surface area (Å²) in [7, 11) is 0. The first kappa shape index (κ1) is 9.98. The van der Waals surface area contributed by atoms with E-state index in [1.54, 1.807) is 0 Å². The first-order chi connectivity index (χ1) is 6.06. The van der Waals surface area contributed by atoms with Gasteiger partial charge in [0.05, 0.1) is 5.02 Å². The number of rotatable bonds is 2. The highest BCUT2D eigenvalue weighted by molar-refractivity contribution is 6.30. The fourth-order valence-corrected chi connectivity index (χ4v) is 0.923. The number of nitrogens with zero attached hydrogens (tertiary/aromatic N) is 1. The summed E-state index contributed by atoms with van der Waals surface area (Å²) < 4.78 is 36.9. The summed E-state index contributed by atoms with van der Waals surface area (Å²) in [6, 6.07) is 0.693. The molecule has 0 unspecified atom stereocenters. The van der Waals surface area contributed by atoms with Crippen molar-refractivity contribution in [2.24, 2.45) is 0 Å². The van der Waals surface area contributed by atoms with Crippen molar-refractivity contribution in [1.29, 1.82) is 0 Å². The molecule has 0 spiro atoms. The van der Waals surface area contributed by atoms with Crippen molar-refractivity contribution in [3.05, 3.63) is 28.3 Å². The van der Waals surface area contributed by atoms with Crippen LogP contribution < -0.4 is 0 Å². The summed E-state index contributed by atoms with van der Waals surface area (Å²) in [6.45, 7) is 0. The van der Waals surface area contributed by atoms with Gasteiger partial charge >= 0.3 is 0 Å². The lowest BCUT2D eigenvalue weighted by molar-refractivity contribution is 0.110. The zero-order valence-electron chi connectivity index (χ0n) is 6.10. The highest BCUT2D eigenvalue weighted by atomic mass is 35.5. The van der Waals surface area contributed by atoms with Crippen LogP contribution in [-0.4, -0.2) is 11.3 Å². The minimum atomic E-state index is -2.90. The van der Waals surface area contributed by atoms with Gasteiger partial charge in [0.1, 0.15) is 5.69 Å². The molecular formula is C7H3ClF3NO. The molecule has 1 aromatic rings. The van der Waals surface area contributed by atoms with E-state index in [0.29, 0.717) is 6.07 Å². The monoisotopic (exact) mass is 209 g/mol. The Morgan fingerprint density at radius 1 is 1.54 bits per heavy atom. The molecule has 0 aromatic carbocycles. The average Bonchev–Trinajstić information content (AvgIpc) is 2.08. The maximum absolute atomic E-state index is 12.6. The first-order valence-electron chi connectivity index (χ1n) is 3.15. The molecule has 0 fully saturated rings. The molecule has 0 aliphatic carbocycles. The van der Waals surface area contributed by atoms with Crippen LogP contribution >= 0.6 is 11.6 Å². The zero-order valence-corrected chi connectivity index (χ0v) is 6.86. The second-order valence-electron chi connectivity index (χ2n) is 2.15. The standard InChI is InChI=1S/C7H3ClF3NO/c8-4-1-3(6(9)10)5(2-13)12-7(4)11/h1-2,6H. The minimum Gasteiger partial charge on any atom is -0.296 e. The third-order valence-electron chi connectivity index (χ3n) is 1.34. The molecule has 0 bridgehead atoms. The van der Waals surface area contributed by atoms with Gasteiger partial charge in [-0.25, -0.2) is 13.8 Å². The fourth-order valence-electron chi connectivity index (χ4n) is 0.763. The Morgan fingerprint density at radius 3 is 2.62 bits per heavy atom. The Morgan fingerprint density at radius 2 is 2.15 bits per heavy atom. The smallest absolute Gasteiger partial charge is 0.266 e. The molecule has 0 radical (unpaired) electrons. The van der Waals surface area contributed by atoms with Gasteiger partial charge in [-0.05, 0) is 6.07 Å². The van der Waals surface area contributed by atoms with Gasteiger partial charge in [0, 0.05) is 5.56 Å². The lowest BCUT2D eigenvalue weighted by atomic mass is 10.2. The summed E-state index contributed by atoms with van der Waals surface area (Å²) in [4.78, 5) is 13.2. The Hall–Kier alpha value is -1.10. The van der Waals surface area contributed by atoms with Crippen LogP contribution in [0.4, 0.5) is 13.2 Å². The van der Waals surface area contributed by atoms with Gasteiger partial charge in [-0.2, -0.15) is 4.39 Å². The van der Waals surface area contributed by atoms with Crippen molar-refractivity contribution in [2.75, 3.05) is 0 Å². The minimum absolute atomic E-state index is 0.0565. The molecule has 0 saturated heterocycles. The number of hydrogen-bond acceptors (Lipinski definition) is 2. The Bertz CT molecular complexity index is 343. The molecular weight excluding hydrogens is 207 g/mol. The van der Waals surface area contributed by atoms with Gasteiger partial charge in [-0.3, -0.25) is 4.79 Å². The van der Waals surface area contributed by atoms with Crippen LogP contribution in [0.5, 0.6) is 0 Å². The van der Waals surface area contributed by atoms with Crippen molar-refractivity contribution in [3.8, 4) is 0 Å². The quantitative estimate of drug-likeness (QED) is 0.554. The summed E-state index contributed by atoms with van der Waals surface area (Å²) in [5, 5.41) is -0.527. The van der Waals surface area contributed by atoms with Crippen molar-refractivity contribution >= 4 is 17.9 Å². The molecule has 0 aliphatic rings. The van der Waals surface area contributed by atoms with Gasteiger partial charge in [-0.15, -0.1) is 0 Å². The van der Waals surface area contributed by atoms with Crippen LogP contribution in [0.1, 0.15) is 22.5 Å². The van der Waals surface area contributed by atoms with E-state index in [2.05, 4.69) is 4.98 Å². The summed E-state index contributed by atoms with van der Waals surface area (Å²) in [5.74, 6) is -1.13. The summed E-state index contributed by atoms with van der Waals surface area (Å²) in [5.41, 5.74) is -1.29. The fraction of sp³-hybridized carbons (Fsp3) is 0.143. The molecule has 6 heteroatoms. The molecule has 1 heterocycles. The molecule has 70 valence electrons. The highest BCUT2D eigenvalue weighted by Gasteiger charge is 2.17. The van der Waals surface area contributed by atoms with Crippen molar-refractivity contribution < 1.29 is 18.0 Å². The van der Waals surface area contributed by atoms with Crippen LogP contribution in [-0.2, 0) is 0 Å². The SMILES string of the molecule is O=Cc1nc(F)c(Cl)cc1C(F)F. The van der Waals surface area contributed by atoms with Crippen LogP contribution in [0.15, 0.2) is 6.07 Å². The Labute approximate surface area is 76.3 Å².